The monoisotopic (exact) mass is 243 g/mol. The van der Waals surface area contributed by atoms with Crippen LogP contribution in [0.5, 0.6) is 0 Å². The van der Waals surface area contributed by atoms with Crippen LogP contribution in [0, 0.1) is 11.3 Å². The summed E-state index contributed by atoms with van der Waals surface area (Å²) in [6, 6.07) is 10.00. The van der Waals surface area contributed by atoms with Crippen LogP contribution in [0.15, 0.2) is 24.3 Å². The second-order valence-electron chi connectivity index (χ2n) is 4.35. The third-order valence-electron chi connectivity index (χ3n) is 3.32. The fourth-order valence-electron chi connectivity index (χ4n) is 2.33. The second-order valence-corrected chi connectivity index (χ2v) is 4.35. The molecule has 1 amide bonds. The van der Waals surface area contributed by atoms with Crippen molar-refractivity contribution in [3.8, 4) is 6.07 Å². The molecule has 94 valence electrons. The first-order valence-corrected chi connectivity index (χ1v) is 6.26. The van der Waals surface area contributed by atoms with E-state index in [2.05, 4.69) is 11.4 Å². The average Bonchev–Trinajstić information content (AvgIpc) is 2.83. The van der Waals surface area contributed by atoms with E-state index in [1.54, 1.807) is 4.90 Å². The van der Waals surface area contributed by atoms with Gasteiger partial charge in [-0.15, -0.1) is 0 Å². The summed E-state index contributed by atoms with van der Waals surface area (Å²) in [6.07, 6.45) is 0.390. The molecule has 1 aromatic rings. The molecular formula is C14H17N3O. The molecule has 1 atom stereocenters. The summed E-state index contributed by atoms with van der Waals surface area (Å²) < 4.78 is 0. The lowest BCUT2D eigenvalue weighted by atomic mass is 10.00. The number of anilines is 1. The van der Waals surface area contributed by atoms with Gasteiger partial charge in [0.1, 0.15) is 0 Å². The lowest BCUT2D eigenvalue weighted by molar-refractivity contribution is -0.132. The summed E-state index contributed by atoms with van der Waals surface area (Å²) in [7, 11) is 0. The van der Waals surface area contributed by atoms with Gasteiger partial charge in [0.15, 0.2) is 0 Å². The van der Waals surface area contributed by atoms with E-state index in [0.717, 1.165) is 11.3 Å². The zero-order valence-electron chi connectivity index (χ0n) is 10.5. The minimum atomic E-state index is -0.111. The van der Waals surface area contributed by atoms with Crippen molar-refractivity contribution in [3.63, 3.8) is 0 Å². The van der Waals surface area contributed by atoms with E-state index >= 15 is 0 Å². The average molecular weight is 243 g/mol. The number of benzene rings is 1. The second kappa shape index (κ2) is 5.54. The molecule has 0 spiro atoms. The number of fused-ring (bicyclic) bond motifs is 1. The number of hydrogen-bond donors (Lipinski definition) is 1. The van der Waals surface area contributed by atoms with Crippen molar-refractivity contribution >= 4 is 11.6 Å². The van der Waals surface area contributed by atoms with Crippen LogP contribution in [0.1, 0.15) is 24.8 Å². The number of para-hydroxylation sites is 1. The van der Waals surface area contributed by atoms with E-state index in [0.29, 0.717) is 26.1 Å². The van der Waals surface area contributed by atoms with E-state index in [9.17, 15) is 4.79 Å². The van der Waals surface area contributed by atoms with Crippen LogP contribution in [0.2, 0.25) is 0 Å². The van der Waals surface area contributed by atoms with Crippen LogP contribution >= 0.6 is 0 Å². The third-order valence-corrected chi connectivity index (χ3v) is 3.32. The zero-order valence-corrected chi connectivity index (χ0v) is 10.5. The summed E-state index contributed by atoms with van der Waals surface area (Å²) in [5.41, 5.74) is 2.12. The molecule has 0 aliphatic carbocycles. The molecule has 1 aliphatic rings. The van der Waals surface area contributed by atoms with Gasteiger partial charge in [-0.25, -0.2) is 0 Å². The van der Waals surface area contributed by atoms with Crippen LogP contribution in [-0.4, -0.2) is 30.4 Å². The van der Waals surface area contributed by atoms with Gasteiger partial charge in [-0.2, -0.15) is 5.26 Å². The Labute approximate surface area is 107 Å². The number of nitrogens with one attached hydrogen (secondary N) is 1. The Morgan fingerprint density at radius 2 is 2.33 bits per heavy atom. The van der Waals surface area contributed by atoms with Crippen molar-refractivity contribution in [2.45, 2.75) is 19.3 Å². The summed E-state index contributed by atoms with van der Waals surface area (Å²) in [5.74, 6) is 0.00467. The molecule has 1 heterocycles. The zero-order chi connectivity index (χ0) is 13.0. The number of nitriles is 1. The smallest absolute Gasteiger partial charge is 0.232 e. The Morgan fingerprint density at radius 1 is 1.56 bits per heavy atom. The molecule has 1 aromatic carbocycles. The van der Waals surface area contributed by atoms with Crippen LogP contribution in [0.25, 0.3) is 0 Å². The topological polar surface area (TPSA) is 56.1 Å². The molecule has 0 fully saturated rings. The lowest BCUT2D eigenvalue weighted by Crippen LogP contribution is -2.36. The maximum atomic E-state index is 12.4. The Balaban J connectivity index is 2.13. The fraction of sp³-hybridized carbons (Fsp3) is 0.429. The van der Waals surface area contributed by atoms with Gasteiger partial charge in [0.25, 0.3) is 0 Å². The normalized spacial score (nSPS) is 16.6. The molecule has 4 nitrogen and oxygen atoms in total. The highest BCUT2D eigenvalue weighted by atomic mass is 16.2. The molecule has 0 saturated heterocycles. The number of rotatable bonds is 4. The van der Waals surface area contributed by atoms with Gasteiger partial charge in [-0.05, 0) is 18.6 Å². The number of likely N-dealkylation sites (N-methyl/N-ethyl adjacent to an activating group) is 1. The predicted molar refractivity (Wildman–Crippen MR) is 70.2 cm³/mol. The molecule has 18 heavy (non-hydrogen) atoms. The number of carbonyl (C=O) groups excluding carboxylic acids is 1. The van der Waals surface area contributed by atoms with Gasteiger partial charge in [-0.1, -0.05) is 18.2 Å². The molecule has 1 N–H and O–H groups in total. The van der Waals surface area contributed by atoms with Gasteiger partial charge in [0.2, 0.25) is 5.91 Å². The van der Waals surface area contributed by atoms with E-state index in [1.807, 2.05) is 31.2 Å². The minimum Gasteiger partial charge on any atom is -0.384 e. The van der Waals surface area contributed by atoms with E-state index < -0.39 is 0 Å². The maximum Gasteiger partial charge on any atom is 0.232 e. The van der Waals surface area contributed by atoms with Crippen LogP contribution < -0.4 is 5.32 Å². The van der Waals surface area contributed by atoms with Gasteiger partial charge < -0.3 is 10.2 Å². The van der Waals surface area contributed by atoms with E-state index in [4.69, 9.17) is 5.26 Å². The Bertz CT molecular complexity index is 478. The summed E-state index contributed by atoms with van der Waals surface area (Å²) in [4.78, 5) is 14.2. The van der Waals surface area contributed by atoms with Crippen molar-refractivity contribution in [3.05, 3.63) is 29.8 Å². The van der Waals surface area contributed by atoms with Gasteiger partial charge in [0, 0.05) is 25.3 Å². The summed E-state index contributed by atoms with van der Waals surface area (Å²) in [6.45, 7) is 3.77. The van der Waals surface area contributed by atoms with Gasteiger partial charge in [-0.3, -0.25) is 4.79 Å². The summed E-state index contributed by atoms with van der Waals surface area (Å²) in [5, 5.41) is 11.9. The van der Waals surface area contributed by atoms with Crippen molar-refractivity contribution < 1.29 is 4.79 Å². The fourth-order valence-corrected chi connectivity index (χ4v) is 2.33. The number of nitrogens with zero attached hydrogens (tertiary/aromatic N) is 2. The minimum absolute atomic E-state index is 0.111. The molecular weight excluding hydrogens is 226 g/mol. The van der Waals surface area contributed by atoms with Crippen molar-refractivity contribution in [1.29, 1.82) is 5.26 Å². The molecule has 0 aromatic heterocycles. The standard InChI is InChI=1S/C14H17N3O/c1-2-17(9-5-8-15)14(18)12-10-16-13-7-4-3-6-11(12)13/h3-4,6-7,12,16H,2,5,9-10H2,1H3. The van der Waals surface area contributed by atoms with Crippen molar-refractivity contribution in [1.82, 2.24) is 4.90 Å². The molecule has 0 bridgehead atoms. The molecule has 1 unspecified atom stereocenters. The highest BCUT2D eigenvalue weighted by molar-refractivity contribution is 5.88. The van der Waals surface area contributed by atoms with E-state index in [-0.39, 0.29) is 11.8 Å². The molecule has 2 rings (SSSR count). The predicted octanol–water partition coefficient (Wildman–Crippen LogP) is 1.96. The quantitative estimate of drug-likeness (QED) is 0.879. The molecule has 0 saturated carbocycles. The largest absolute Gasteiger partial charge is 0.384 e. The first kappa shape index (κ1) is 12.4. The van der Waals surface area contributed by atoms with Crippen molar-refractivity contribution in [2.75, 3.05) is 25.0 Å². The third kappa shape index (κ3) is 2.30. The highest BCUT2D eigenvalue weighted by Gasteiger charge is 2.30. The van der Waals surface area contributed by atoms with E-state index in [1.165, 1.54) is 0 Å². The number of hydrogen-bond acceptors (Lipinski definition) is 3. The summed E-state index contributed by atoms with van der Waals surface area (Å²) >= 11 is 0. The Morgan fingerprint density at radius 3 is 3.06 bits per heavy atom. The first-order chi connectivity index (χ1) is 8.77. The maximum absolute atomic E-state index is 12.4. The lowest BCUT2D eigenvalue weighted by Gasteiger charge is -2.23. The van der Waals surface area contributed by atoms with Gasteiger partial charge >= 0.3 is 0 Å². The van der Waals surface area contributed by atoms with Crippen LogP contribution in [-0.2, 0) is 4.79 Å². The SMILES string of the molecule is CCN(CCC#N)C(=O)C1CNc2ccccc21. The Hall–Kier alpha value is -2.02. The molecule has 0 radical (unpaired) electrons. The van der Waals surface area contributed by atoms with Crippen molar-refractivity contribution in [2.24, 2.45) is 0 Å². The Kier molecular flexibility index (Phi) is 3.83. The molecule has 4 heteroatoms. The highest BCUT2D eigenvalue weighted by Crippen LogP contribution is 2.32. The van der Waals surface area contributed by atoms with Crippen LogP contribution in [0.3, 0.4) is 0 Å². The van der Waals surface area contributed by atoms with Crippen LogP contribution in [0.4, 0.5) is 5.69 Å². The number of amides is 1. The first-order valence-electron chi connectivity index (χ1n) is 6.26. The number of carbonyl (C=O) groups is 1. The van der Waals surface area contributed by atoms with Gasteiger partial charge in [0.05, 0.1) is 18.4 Å². The molecule has 1 aliphatic heterocycles.